The average Bonchev–Trinajstić information content (AvgIpc) is 3.52. The molecular weight excluding hydrogens is 544 g/mol. The molecule has 0 bridgehead atoms. The summed E-state index contributed by atoms with van der Waals surface area (Å²) >= 11 is 0. The second-order valence-electron chi connectivity index (χ2n) is 10.8. The van der Waals surface area contributed by atoms with E-state index in [9.17, 15) is 19.5 Å². The third-order valence-corrected chi connectivity index (χ3v) is 7.51. The quantitative estimate of drug-likeness (QED) is 0.267. The van der Waals surface area contributed by atoms with Crippen molar-refractivity contribution >= 4 is 29.1 Å². The zero-order valence-corrected chi connectivity index (χ0v) is 24.9. The Kier molecular flexibility index (Phi) is 10.0. The average molecular weight is 583 g/mol. The van der Waals surface area contributed by atoms with Gasteiger partial charge in [0.15, 0.2) is 5.76 Å². The van der Waals surface area contributed by atoms with E-state index in [0.29, 0.717) is 23.4 Å². The molecule has 43 heavy (non-hydrogen) atoms. The Morgan fingerprint density at radius 3 is 2.30 bits per heavy atom. The highest BCUT2D eigenvalue weighted by Gasteiger charge is 2.32. The van der Waals surface area contributed by atoms with Crippen molar-refractivity contribution in [3.8, 4) is 0 Å². The molecule has 1 aliphatic rings. The van der Waals surface area contributed by atoms with Crippen molar-refractivity contribution in [2.24, 2.45) is 5.73 Å². The Hall–Kier alpha value is -4.89. The van der Waals surface area contributed by atoms with Gasteiger partial charge in [0, 0.05) is 31.0 Å². The summed E-state index contributed by atoms with van der Waals surface area (Å²) in [5.41, 5.74) is 15.0. The molecule has 0 radical (unpaired) electrons. The first-order valence-corrected chi connectivity index (χ1v) is 14.1. The Morgan fingerprint density at radius 1 is 1.05 bits per heavy atom. The lowest BCUT2D eigenvalue weighted by atomic mass is 9.95. The second-order valence-corrected chi connectivity index (χ2v) is 10.8. The van der Waals surface area contributed by atoms with Crippen LogP contribution in [0.2, 0.25) is 0 Å². The molecule has 0 saturated heterocycles. The minimum absolute atomic E-state index is 0.0261. The van der Waals surface area contributed by atoms with Gasteiger partial charge in [-0.15, -0.1) is 0 Å². The highest BCUT2D eigenvalue weighted by molar-refractivity contribution is 5.98. The number of hydrogen-bond acceptors (Lipinski definition) is 6. The fourth-order valence-electron chi connectivity index (χ4n) is 5.24. The van der Waals surface area contributed by atoms with Crippen molar-refractivity contribution in [1.29, 1.82) is 0 Å². The van der Waals surface area contributed by atoms with E-state index in [1.807, 2.05) is 81.4 Å². The second kappa shape index (κ2) is 13.8. The molecule has 2 amide bonds. The molecule has 3 aromatic carbocycles. The standard InChI is InChI=1S/C34H38N4O5/c1-21-15-22(2)17-26(16-21)33(40)38(4)30(18-24-9-11-25(12-10-24)31-13-14-36-43-31)32(39)37-29(34(41)42)19-27(20-35)28-8-6-5-7-23(28)3/h5-13,15-17,20,29-30,36H,14,18-19,35H2,1-4H3,(H,37,39)(H,41,42)/b27-20-. The lowest BCUT2D eigenvalue weighted by molar-refractivity contribution is -0.142. The number of hydroxylamine groups is 1. The van der Waals surface area contributed by atoms with E-state index in [2.05, 4.69) is 10.8 Å². The molecule has 0 spiro atoms. The number of nitrogens with two attached hydrogens (primary N) is 1. The maximum absolute atomic E-state index is 13.9. The van der Waals surface area contributed by atoms with E-state index in [-0.39, 0.29) is 18.7 Å². The maximum atomic E-state index is 13.9. The van der Waals surface area contributed by atoms with Crippen LogP contribution in [0.4, 0.5) is 0 Å². The van der Waals surface area contributed by atoms with Gasteiger partial charge in [-0.05, 0) is 67.4 Å². The number of rotatable bonds is 11. The summed E-state index contributed by atoms with van der Waals surface area (Å²) in [7, 11) is 1.57. The summed E-state index contributed by atoms with van der Waals surface area (Å²) in [5, 5.41) is 12.8. The van der Waals surface area contributed by atoms with Crippen LogP contribution in [-0.2, 0) is 20.8 Å². The van der Waals surface area contributed by atoms with Crippen LogP contribution in [0.25, 0.3) is 11.3 Å². The number of aryl methyl sites for hydroxylation is 3. The smallest absolute Gasteiger partial charge is 0.326 e. The van der Waals surface area contributed by atoms with Gasteiger partial charge in [0.25, 0.3) is 5.91 Å². The van der Waals surface area contributed by atoms with Crippen molar-refractivity contribution in [1.82, 2.24) is 15.7 Å². The molecule has 0 aromatic heterocycles. The molecule has 1 aliphatic heterocycles. The first-order chi connectivity index (χ1) is 20.6. The van der Waals surface area contributed by atoms with Crippen LogP contribution in [0.3, 0.4) is 0 Å². The molecule has 3 aromatic rings. The molecular formula is C34H38N4O5. The van der Waals surface area contributed by atoms with Gasteiger partial charge in [-0.3, -0.25) is 9.59 Å². The number of hydrogen-bond donors (Lipinski definition) is 4. The number of carbonyl (C=O) groups is 3. The van der Waals surface area contributed by atoms with E-state index >= 15 is 0 Å². The van der Waals surface area contributed by atoms with Gasteiger partial charge < -0.3 is 25.9 Å². The first kappa shape index (κ1) is 31.1. The summed E-state index contributed by atoms with van der Waals surface area (Å²) in [6, 6.07) is 18.3. The molecule has 4 rings (SSSR count). The highest BCUT2D eigenvalue weighted by Crippen LogP contribution is 2.24. The van der Waals surface area contributed by atoms with Gasteiger partial charge >= 0.3 is 5.97 Å². The van der Waals surface area contributed by atoms with Gasteiger partial charge in [-0.1, -0.05) is 65.7 Å². The lowest BCUT2D eigenvalue weighted by Crippen LogP contribution is -2.53. The fraction of sp³-hybridized carbons (Fsp3) is 0.265. The predicted octanol–water partition coefficient (Wildman–Crippen LogP) is 4.13. The molecule has 1 heterocycles. The SMILES string of the molecule is Cc1cc(C)cc(C(=O)N(C)C(Cc2ccc(C3=CCNO3)cc2)C(=O)NC(C/C(=C/N)c2ccccc2C)C(=O)O)c1. The molecule has 5 N–H and O–H groups in total. The Balaban J connectivity index is 1.61. The van der Waals surface area contributed by atoms with Gasteiger partial charge in [-0.2, -0.15) is 5.48 Å². The molecule has 0 aliphatic carbocycles. The van der Waals surface area contributed by atoms with E-state index in [4.69, 9.17) is 10.6 Å². The van der Waals surface area contributed by atoms with Crippen LogP contribution < -0.4 is 16.5 Å². The topological polar surface area (TPSA) is 134 Å². The number of carboxylic acid groups (broad SMARTS) is 1. The number of amides is 2. The molecule has 9 nitrogen and oxygen atoms in total. The zero-order chi connectivity index (χ0) is 31.1. The van der Waals surface area contributed by atoms with E-state index in [1.54, 1.807) is 19.2 Å². The van der Waals surface area contributed by atoms with Gasteiger partial charge in [0.2, 0.25) is 5.91 Å². The Bertz CT molecular complexity index is 1540. The van der Waals surface area contributed by atoms with Gasteiger partial charge in [0.05, 0.1) is 6.54 Å². The number of aliphatic carboxylic acids is 1. The van der Waals surface area contributed by atoms with E-state index in [0.717, 1.165) is 33.4 Å². The van der Waals surface area contributed by atoms with Crippen molar-refractivity contribution in [2.45, 2.75) is 45.7 Å². The third kappa shape index (κ3) is 7.69. The van der Waals surface area contributed by atoms with Crippen LogP contribution in [0, 0.1) is 20.8 Å². The first-order valence-electron chi connectivity index (χ1n) is 14.1. The minimum Gasteiger partial charge on any atom is -0.480 e. The van der Waals surface area contributed by atoms with Crippen molar-refractivity contribution in [3.63, 3.8) is 0 Å². The Morgan fingerprint density at radius 2 is 1.72 bits per heavy atom. The normalized spacial score (nSPS) is 14.3. The van der Waals surface area contributed by atoms with Crippen LogP contribution in [-0.4, -0.2) is 53.5 Å². The maximum Gasteiger partial charge on any atom is 0.326 e. The van der Waals surface area contributed by atoms with Crippen molar-refractivity contribution < 1.29 is 24.3 Å². The van der Waals surface area contributed by atoms with E-state index in [1.165, 1.54) is 11.1 Å². The monoisotopic (exact) mass is 582 g/mol. The van der Waals surface area contributed by atoms with Crippen LogP contribution in [0.15, 0.2) is 79.0 Å². The minimum atomic E-state index is -1.27. The lowest BCUT2D eigenvalue weighted by Gasteiger charge is -2.29. The molecule has 2 atom stereocenters. The molecule has 9 heteroatoms. The number of likely N-dealkylation sites (N-methyl/N-ethyl adjacent to an activating group) is 1. The summed E-state index contributed by atoms with van der Waals surface area (Å²) in [6.45, 7) is 6.33. The highest BCUT2D eigenvalue weighted by atomic mass is 16.7. The van der Waals surface area contributed by atoms with Crippen LogP contribution in [0.5, 0.6) is 0 Å². The largest absolute Gasteiger partial charge is 0.480 e. The summed E-state index contributed by atoms with van der Waals surface area (Å²) in [6.07, 6.45) is 3.44. The Labute approximate surface area is 252 Å². The summed E-state index contributed by atoms with van der Waals surface area (Å²) in [5.74, 6) is -1.41. The molecule has 0 saturated carbocycles. The summed E-state index contributed by atoms with van der Waals surface area (Å²) in [4.78, 5) is 46.7. The van der Waals surface area contributed by atoms with Crippen LogP contribution in [0.1, 0.15) is 50.2 Å². The third-order valence-electron chi connectivity index (χ3n) is 7.51. The number of nitrogens with one attached hydrogen (secondary N) is 2. The van der Waals surface area contributed by atoms with Gasteiger partial charge in [-0.25, -0.2) is 4.79 Å². The number of carboxylic acids is 1. The number of carbonyl (C=O) groups excluding carboxylic acids is 2. The molecule has 2 unspecified atom stereocenters. The number of nitrogens with zero attached hydrogens (tertiary/aromatic N) is 1. The summed E-state index contributed by atoms with van der Waals surface area (Å²) < 4.78 is 0. The number of benzene rings is 3. The van der Waals surface area contributed by atoms with Crippen molar-refractivity contribution in [3.05, 3.63) is 118 Å². The zero-order valence-electron chi connectivity index (χ0n) is 24.9. The molecule has 0 fully saturated rings. The fourth-order valence-corrected chi connectivity index (χ4v) is 5.24. The van der Waals surface area contributed by atoms with Crippen LogP contribution >= 0.6 is 0 Å². The van der Waals surface area contributed by atoms with Crippen molar-refractivity contribution in [2.75, 3.05) is 13.6 Å². The molecule has 224 valence electrons. The van der Waals surface area contributed by atoms with Gasteiger partial charge in [0.1, 0.15) is 12.1 Å². The predicted molar refractivity (Wildman–Crippen MR) is 167 cm³/mol. The van der Waals surface area contributed by atoms with E-state index < -0.39 is 24.0 Å².